The zero-order valence-corrected chi connectivity index (χ0v) is 17.5. The fourth-order valence-corrected chi connectivity index (χ4v) is 4.71. The summed E-state index contributed by atoms with van der Waals surface area (Å²) < 4.78 is 51.6. The zero-order chi connectivity index (χ0) is 21.4. The number of alkyl halides is 3. The first kappa shape index (κ1) is 23.3. The van der Waals surface area contributed by atoms with Crippen LogP contribution in [0.15, 0.2) is 18.3 Å². The number of piperidine rings is 1. The Labute approximate surface area is 178 Å². The Bertz CT molecular complexity index is 672. The summed E-state index contributed by atoms with van der Waals surface area (Å²) in [6, 6.07) is 3.45. The number of ether oxygens (including phenoxy) is 2. The smallest absolute Gasteiger partial charge is 0.456 e. The molecule has 0 amide bonds. The van der Waals surface area contributed by atoms with E-state index < -0.39 is 5.51 Å². The lowest BCUT2D eigenvalue weighted by molar-refractivity contribution is -0.109. The molecule has 6 nitrogen and oxygen atoms in total. The van der Waals surface area contributed by atoms with Crippen LogP contribution in [0.25, 0.3) is 0 Å². The molecule has 2 atom stereocenters. The molecule has 0 radical (unpaired) electrons. The van der Waals surface area contributed by atoms with Crippen molar-refractivity contribution in [2.75, 3.05) is 19.8 Å². The molecule has 2 aliphatic rings. The van der Waals surface area contributed by atoms with E-state index in [4.69, 9.17) is 9.47 Å². The summed E-state index contributed by atoms with van der Waals surface area (Å²) in [4.78, 5) is 14.8. The average molecular weight is 448 g/mol. The Kier molecular flexibility index (Phi) is 8.79. The summed E-state index contributed by atoms with van der Waals surface area (Å²) in [6.45, 7) is 1.17. The second-order valence-corrected chi connectivity index (χ2v) is 8.56. The number of aldehydes is 1. The summed E-state index contributed by atoms with van der Waals surface area (Å²) in [7, 11) is 0. The Hall–Kier alpha value is -1.36. The van der Waals surface area contributed by atoms with E-state index in [2.05, 4.69) is 15.0 Å². The molecular formula is C20H28F3N3O3S. The van der Waals surface area contributed by atoms with Crippen molar-refractivity contribution in [2.24, 2.45) is 0 Å². The van der Waals surface area contributed by atoms with E-state index in [1.165, 1.54) is 0 Å². The lowest BCUT2D eigenvalue weighted by Crippen LogP contribution is -2.53. The molecule has 2 fully saturated rings. The number of nitrogens with zero attached hydrogens (tertiary/aromatic N) is 1. The molecule has 1 saturated carbocycles. The number of carbonyl (C=O) groups excluding carboxylic acids is 1. The van der Waals surface area contributed by atoms with Gasteiger partial charge in [0.2, 0.25) is 5.88 Å². The van der Waals surface area contributed by atoms with Crippen LogP contribution < -0.4 is 14.8 Å². The SMILES string of the molecule is O=CCOc1ncccc1C1CCC(OCC2NCCCC2NSC(F)(F)F)CC1. The number of carbonyl (C=O) groups is 1. The largest absolute Gasteiger partial charge is 0.470 e. The van der Waals surface area contributed by atoms with Gasteiger partial charge in [-0.2, -0.15) is 13.2 Å². The molecule has 2 heterocycles. The van der Waals surface area contributed by atoms with Crippen LogP contribution in [0.3, 0.4) is 0 Å². The van der Waals surface area contributed by atoms with Crippen LogP contribution in [-0.4, -0.2) is 54.7 Å². The lowest BCUT2D eigenvalue weighted by atomic mass is 9.83. The van der Waals surface area contributed by atoms with Gasteiger partial charge >= 0.3 is 5.51 Å². The van der Waals surface area contributed by atoms with Gasteiger partial charge in [0.15, 0.2) is 6.29 Å². The molecule has 10 heteroatoms. The molecule has 30 heavy (non-hydrogen) atoms. The number of nitrogens with one attached hydrogen (secondary N) is 2. The Morgan fingerprint density at radius 3 is 2.80 bits per heavy atom. The van der Waals surface area contributed by atoms with E-state index in [0.717, 1.165) is 44.2 Å². The lowest BCUT2D eigenvalue weighted by Gasteiger charge is -2.35. The van der Waals surface area contributed by atoms with Crippen molar-refractivity contribution >= 4 is 18.2 Å². The van der Waals surface area contributed by atoms with Gasteiger partial charge in [-0.1, -0.05) is 6.07 Å². The maximum absolute atomic E-state index is 12.5. The maximum atomic E-state index is 12.5. The van der Waals surface area contributed by atoms with Crippen molar-refractivity contribution in [2.45, 2.75) is 68.1 Å². The summed E-state index contributed by atoms with van der Waals surface area (Å²) in [5.74, 6) is 0.807. The molecule has 0 bridgehead atoms. The van der Waals surface area contributed by atoms with E-state index in [1.807, 2.05) is 12.1 Å². The molecule has 0 aromatic carbocycles. The Morgan fingerprint density at radius 2 is 2.07 bits per heavy atom. The molecule has 1 aromatic heterocycles. The maximum Gasteiger partial charge on any atom is 0.456 e. The topological polar surface area (TPSA) is 72.5 Å². The third-order valence-corrected chi connectivity index (χ3v) is 6.28. The van der Waals surface area contributed by atoms with Crippen LogP contribution >= 0.6 is 11.9 Å². The van der Waals surface area contributed by atoms with Crippen LogP contribution in [0.2, 0.25) is 0 Å². The predicted octanol–water partition coefficient (Wildman–Crippen LogP) is 3.58. The van der Waals surface area contributed by atoms with Crippen molar-refractivity contribution in [3.05, 3.63) is 23.9 Å². The fraction of sp³-hybridized carbons (Fsp3) is 0.700. The molecule has 0 spiro atoms. The molecule has 1 aromatic rings. The highest BCUT2D eigenvalue weighted by atomic mass is 32.2. The normalized spacial score (nSPS) is 27.6. The standard InChI is InChI=1S/C20H28F3N3O3S/c21-20(22,23)30-26-17-4-2-9-24-18(17)13-29-15-7-5-14(6-8-15)16-3-1-10-25-19(16)28-12-11-27/h1,3,10-11,14-15,17-18,24,26H,2,4-9,12-13H2. The molecule has 1 aliphatic heterocycles. The third-order valence-electron chi connectivity index (χ3n) is 5.62. The van der Waals surface area contributed by atoms with Crippen LogP contribution in [-0.2, 0) is 9.53 Å². The van der Waals surface area contributed by atoms with Crippen molar-refractivity contribution < 1.29 is 27.4 Å². The highest BCUT2D eigenvalue weighted by Crippen LogP contribution is 2.37. The first-order valence-electron chi connectivity index (χ1n) is 10.3. The van der Waals surface area contributed by atoms with Gasteiger partial charge in [0, 0.05) is 35.8 Å². The minimum absolute atomic E-state index is 0.0152. The predicted molar refractivity (Wildman–Crippen MR) is 108 cm³/mol. The minimum atomic E-state index is -4.29. The molecule has 2 unspecified atom stereocenters. The number of hydrogen-bond acceptors (Lipinski definition) is 7. The third kappa shape index (κ3) is 7.11. The van der Waals surface area contributed by atoms with Crippen LogP contribution in [0.1, 0.15) is 50.0 Å². The molecular weight excluding hydrogens is 419 g/mol. The Balaban J connectivity index is 1.46. The summed E-state index contributed by atoms with van der Waals surface area (Å²) in [6.07, 6.45) is 7.56. The van der Waals surface area contributed by atoms with Gasteiger partial charge in [-0.25, -0.2) is 4.98 Å². The molecule has 1 saturated heterocycles. The molecule has 3 rings (SSSR count). The fourth-order valence-electron chi connectivity index (χ4n) is 4.14. The van der Waals surface area contributed by atoms with Gasteiger partial charge in [0.1, 0.15) is 6.61 Å². The second-order valence-electron chi connectivity index (χ2n) is 7.66. The van der Waals surface area contributed by atoms with Crippen LogP contribution in [0.4, 0.5) is 13.2 Å². The van der Waals surface area contributed by atoms with Gasteiger partial charge in [-0.05, 0) is 57.1 Å². The molecule has 1 aliphatic carbocycles. The van der Waals surface area contributed by atoms with E-state index in [-0.39, 0.29) is 36.7 Å². The van der Waals surface area contributed by atoms with Gasteiger partial charge in [-0.15, -0.1) is 0 Å². The monoisotopic (exact) mass is 447 g/mol. The van der Waals surface area contributed by atoms with Crippen molar-refractivity contribution in [3.63, 3.8) is 0 Å². The highest BCUT2D eigenvalue weighted by Gasteiger charge is 2.34. The Morgan fingerprint density at radius 1 is 1.27 bits per heavy atom. The average Bonchev–Trinajstić information content (AvgIpc) is 2.75. The molecule has 168 valence electrons. The number of hydrogen-bond donors (Lipinski definition) is 2. The van der Waals surface area contributed by atoms with Crippen molar-refractivity contribution in [1.29, 1.82) is 0 Å². The van der Waals surface area contributed by atoms with Gasteiger partial charge < -0.3 is 14.8 Å². The summed E-state index contributed by atoms with van der Waals surface area (Å²) in [5.41, 5.74) is -3.28. The van der Waals surface area contributed by atoms with Crippen molar-refractivity contribution in [3.8, 4) is 5.88 Å². The van der Waals surface area contributed by atoms with Gasteiger partial charge in [0.25, 0.3) is 0 Å². The first-order valence-corrected chi connectivity index (χ1v) is 11.1. The molecule has 2 N–H and O–H groups in total. The second kappa shape index (κ2) is 11.3. The van der Waals surface area contributed by atoms with Crippen LogP contribution in [0, 0.1) is 0 Å². The first-order chi connectivity index (χ1) is 14.5. The number of aromatic nitrogens is 1. The minimum Gasteiger partial charge on any atom is -0.470 e. The van der Waals surface area contributed by atoms with E-state index in [1.54, 1.807) is 6.20 Å². The summed E-state index contributed by atoms with van der Waals surface area (Å²) in [5, 5.41) is 3.29. The number of rotatable bonds is 9. The van der Waals surface area contributed by atoms with Gasteiger partial charge in [-0.3, -0.25) is 9.52 Å². The number of halogens is 3. The van der Waals surface area contributed by atoms with E-state index in [9.17, 15) is 18.0 Å². The number of pyridine rings is 1. The van der Waals surface area contributed by atoms with Crippen molar-refractivity contribution in [1.82, 2.24) is 15.0 Å². The van der Waals surface area contributed by atoms with E-state index >= 15 is 0 Å². The van der Waals surface area contributed by atoms with E-state index in [0.29, 0.717) is 31.1 Å². The summed E-state index contributed by atoms with van der Waals surface area (Å²) >= 11 is -0.175. The zero-order valence-electron chi connectivity index (χ0n) is 16.7. The van der Waals surface area contributed by atoms with Gasteiger partial charge in [0.05, 0.1) is 12.7 Å². The quantitative estimate of drug-likeness (QED) is 0.443. The highest BCUT2D eigenvalue weighted by molar-refractivity contribution is 7.98. The van der Waals surface area contributed by atoms with Crippen LogP contribution in [0.5, 0.6) is 5.88 Å².